The van der Waals surface area contributed by atoms with E-state index in [1.165, 1.54) is 6.20 Å². The van der Waals surface area contributed by atoms with Crippen LogP contribution in [-0.2, 0) is 6.54 Å². The van der Waals surface area contributed by atoms with Crippen molar-refractivity contribution >= 4 is 15.9 Å². The van der Waals surface area contributed by atoms with Crippen molar-refractivity contribution in [2.75, 3.05) is 6.61 Å². The molecule has 0 saturated carbocycles. The van der Waals surface area contributed by atoms with Gasteiger partial charge in [0.2, 0.25) is 5.88 Å². The Bertz CT molecular complexity index is 309. The summed E-state index contributed by atoms with van der Waals surface area (Å²) in [6, 6.07) is 1.69. The highest BCUT2D eigenvalue weighted by Crippen LogP contribution is 2.19. The first-order valence-corrected chi connectivity index (χ1v) is 4.68. The summed E-state index contributed by atoms with van der Waals surface area (Å²) in [6.45, 7) is -0.466. The molecule has 0 unspecified atom stereocenters. The van der Waals surface area contributed by atoms with Crippen LogP contribution in [-0.4, -0.2) is 18.0 Å². The highest BCUT2D eigenvalue weighted by atomic mass is 79.9. The van der Waals surface area contributed by atoms with E-state index in [2.05, 4.69) is 20.9 Å². The lowest BCUT2D eigenvalue weighted by Gasteiger charge is -2.08. The number of pyridine rings is 1. The van der Waals surface area contributed by atoms with Crippen LogP contribution in [0.1, 0.15) is 5.56 Å². The van der Waals surface area contributed by atoms with Crippen molar-refractivity contribution in [3.8, 4) is 5.88 Å². The second-order valence-corrected chi connectivity index (χ2v) is 3.44. The Morgan fingerprint density at radius 2 is 2.29 bits per heavy atom. The fraction of sp³-hybridized carbons (Fsp3) is 0.375. The topological polar surface area (TPSA) is 48.1 Å². The van der Waals surface area contributed by atoms with E-state index < -0.39 is 13.0 Å². The fourth-order valence-electron chi connectivity index (χ4n) is 0.887. The zero-order valence-corrected chi connectivity index (χ0v) is 8.80. The normalized spacial score (nSPS) is 10.6. The van der Waals surface area contributed by atoms with Crippen LogP contribution in [0.3, 0.4) is 0 Å². The molecule has 0 spiro atoms. The maximum absolute atomic E-state index is 11.8. The van der Waals surface area contributed by atoms with Gasteiger partial charge in [-0.25, -0.2) is 13.8 Å². The summed E-state index contributed by atoms with van der Waals surface area (Å²) in [7, 11) is 0. The van der Waals surface area contributed by atoms with Gasteiger partial charge in [-0.05, 0) is 22.0 Å². The highest BCUT2D eigenvalue weighted by Gasteiger charge is 2.08. The number of hydrogen-bond acceptors (Lipinski definition) is 3. The molecule has 0 fully saturated rings. The minimum absolute atomic E-state index is 0.163. The molecule has 0 aliphatic carbocycles. The maximum atomic E-state index is 11.8. The summed E-state index contributed by atoms with van der Waals surface area (Å²) < 4.78 is 29.2. The third-order valence-electron chi connectivity index (χ3n) is 1.46. The van der Waals surface area contributed by atoms with Crippen LogP contribution in [0.5, 0.6) is 5.88 Å². The van der Waals surface area contributed by atoms with Crippen molar-refractivity contribution in [3.05, 3.63) is 22.3 Å². The zero-order chi connectivity index (χ0) is 10.6. The molecule has 1 aromatic heterocycles. The van der Waals surface area contributed by atoms with Crippen LogP contribution in [0.15, 0.2) is 16.7 Å². The number of ether oxygens (including phenoxy) is 1. The average molecular weight is 267 g/mol. The minimum atomic E-state index is -2.51. The van der Waals surface area contributed by atoms with Gasteiger partial charge in [0.05, 0.1) is 0 Å². The molecule has 3 nitrogen and oxygen atoms in total. The van der Waals surface area contributed by atoms with Gasteiger partial charge in [0.15, 0.2) is 6.61 Å². The van der Waals surface area contributed by atoms with Crippen molar-refractivity contribution in [3.63, 3.8) is 0 Å². The number of nitrogens with zero attached hydrogens (tertiary/aromatic N) is 1. The molecule has 0 aromatic carbocycles. The van der Waals surface area contributed by atoms with Crippen molar-refractivity contribution < 1.29 is 13.5 Å². The summed E-state index contributed by atoms with van der Waals surface area (Å²) in [4.78, 5) is 3.84. The summed E-state index contributed by atoms with van der Waals surface area (Å²) >= 11 is 3.20. The van der Waals surface area contributed by atoms with Gasteiger partial charge in [-0.1, -0.05) is 0 Å². The largest absolute Gasteiger partial charge is 0.471 e. The first-order valence-electron chi connectivity index (χ1n) is 3.89. The van der Waals surface area contributed by atoms with Crippen LogP contribution < -0.4 is 10.5 Å². The van der Waals surface area contributed by atoms with Gasteiger partial charge in [0.1, 0.15) is 0 Å². The molecular formula is C8H9BrF2N2O. The molecule has 0 radical (unpaired) electrons. The number of hydrogen-bond donors (Lipinski definition) is 1. The van der Waals surface area contributed by atoms with Gasteiger partial charge in [-0.15, -0.1) is 0 Å². The molecule has 0 aliphatic rings. The average Bonchev–Trinajstić information content (AvgIpc) is 2.15. The van der Waals surface area contributed by atoms with Crippen LogP contribution >= 0.6 is 15.9 Å². The Morgan fingerprint density at radius 1 is 1.57 bits per heavy atom. The van der Waals surface area contributed by atoms with Crippen LogP contribution in [0, 0.1) is 0 Å². The molecule has 6 heteroatoms. The van der Waals surface area contributed by atoms with E-state index in [1.807, 2.05) is 0 Å². The molecule has 1 aromatic rings. The second-order valence-electron chi connectivity index (χ2n) is 2.52. The van der Waals surface area contributed by atoms with Gasteiger partial charge >= 0.3 is 0 Å². The standard InChI is InChI=1S/C8H9BrF2N2O/c9-6-1-5(2-12)8(13-3-6)14-4-7(10)11/h1,3,7H,2,4,12H2. The first kappa shape index (κ1) is 11.3. The smallest absolute Gasteiger partial charge is 0.272 e. The zero-order valence-electron chi connectivity index (χ0n) is 7.21. The van der Waals surface area contributed by atoms with E-state index in [4.69, 9.17) is 10.5 Å². The van der Waals surface area contributed by atoms with E-state index in [-0.39, 0.29) is 12.4 Å². The molecule has 78 valence electrons. The molecule has 0 aliphatic heterocycles. The summed E-state index contributed by atoms with van der Waals surface area (Å²) in [6.07, 6.45) is -1.04. The molecule has 0 amide bonds. The minimum Gasteiger partial charge on any atom is -0.471 e. The molecular weight excluding hydrogens is 258 g/mol. The molecule has 0 bridgehead atoms. The Labute approximate surface area is 88.4 Å². The summed E-state index contributed by atoms with van der Waals surface area (Å²) in [5, 5.41) is 0. The number of aromatic nitrogens is 1. The molecule has 0 saturated heterocycles. The van der Waals surface area contributed by atoms with Crippen molar-refractivity contribution in [2.24, 2.45) is 5.73 Å². The first-order chi connectivity index (χ1) is 6.63. The van der Waals surface area contributed by atoms with E-state index in [9.17, 15) is 8.78 Å². The van der Waals surface area contributed by atoms with Gasteiger partial charge in [0.25, 0.3) is 6.43 Å². The number of alkyl halides is 2. The van der Waals surface area contributed by atoms with Gasteiger partial charge < -0.3 is 10.5 Å². The number of nitrogens with two attached hydrogens (primary N) is 1. The SMILES string of the molecule is NCc1cc(Br)cnc1OCC(F)F. The Kier molecular flexibility index (Phi) is 4.21. The fourth-order valence-corrected chi connectivity index (χ4v) is 1.27. The Balaban J connectivity index is 2.75. The van der Waals surface area contributed by atoms with Crippen LogP contribution in [0.4, 0.5) is 8.78 Å². The molecule has 0 atom stereocenters. The number of halogens is 3. The van der Waals surface area contributed by atoms with Crippen molar-refractivity contribution in [1.82, 2.24) is 4.98 Å². The predicted molar refractivity (Wildman–Crippen MR) is 51.3 cm³/mol. The third kappa shape index (κ3) is 3.19. The molecule has 2 N–H and O–H groups in total. The predicted octanol–water partition coefficient (Wildman–Crippen LogP) is 1.95. The van der Waals surface area contributed by atoms with Crippen molar-refractivity contribution in [2.45, 2.75) is 13.0 Å². The van der Waals surface area contributed by atoms with Gasteiger partial charge in [-0.3, -0.25) is 0 Å². The third-order valence-corrected chi connectivity index (χ3v) is 1.89. The van der Waals surface area contributed by atoms with Gasteiger partial charge in [0, 0.05) is 22.8 Å². The van der Waals surface area contributed by atoms with E-state index >= 15 is 0 Å². The van der Waals surface area contributed by atoms with Crippen molar-refractivity contribution in [1.29, 1.82) is 0 Å². The quantitative estimate of drug-likeness (QED) is 0.906. The lowest BCUT2D eigenvalue weighted by atomic mass is 10.3. The monoisotopic (exact) mass is 266 g/mol. The second kappa shape index (κ2) is 5.21. The van der Waals surface area contributed by atoms with Crippen LogP contribution in [0.25, 0.3) is 0 Å². The molecule has 1 rings (SSSR count). The van der Waals surface area contributed by atoms with E-state index in [0.717, 1.165) is 4.47 Å². The lowest BCUT2D eigenvalue weighted by molar-refractivity contribution is 0.0790. The summed E-state index contributed by atoms with van der Waals surface area (Å²) in [5.41, 5.74) is 5.99. The Hall–Kier alpha value is -0.750. The molecule has 1 heterocycles. The van der Waals surface area contributed by atoms with E-state index in [0.29, 0.717) is 5.56 Å². The maximum Gasteiger partial charge on any atom is 0.272 e. The number of rotatable bonds is 4. The van der Waals surface area contributed by atoms with Crippen LogP contribution in [0.2, 0.25) is 0 Å². The lowest BCUT2D eigenvalue weighted by Crippen LogP contribution is -2.10. The summed E-state index contributed by atoms with van der Waals surface area (Å²) in [5.74, 6) is 0.163. The van der Waals surface area contributed by atoms with Gasteiger partial charge in [-0.2, -0.15) is 0 Å². The molecule has 14 heavy (non-hydrogen) atoms. The Morgan fingerprint density at radius 3 is 2.86 bits per heavy atom. The highest BCUT2D eigenvalue weighted by molar-refractivity contribution is 9.10. The van der Waals surface area contributed by atoms with E-state index in [1.54, 1.807) is 6.07 Å².